The van der Waals surface area contributed by atoms with Crippen molar-refractivity contribution < 1.29 is 4.79 Å². The van der Waals surface area contributed by atoms with Crippen molar-refractivity contribution in [3.63, 3.8) is 0 Å². The zero-order valence-electron chi connectivity index (χ0n) is 8.33. The molecule has 0 aliphatic carbocycles. The van der Waals surface area contributed by atoms with E-state index in [1.165, 1.54) is 11.3 Å². The summed E-state index contributed by atoms with van der Waals surface area (Å²) in [6.45, 7) is 2.13. The Hall–Kier alpha value is -1.17. The maximum Gasteiger partial charge on any atom is 0.320 e. The third-order valence-corrected chi connectivity index (χ3v) is 2.56. The molecule has 0 saturated carbocycles. The number of amides is 2. The van der Waals surface area contributed by atoms with Gasteiger partial charge < -0.3 is 5.32 Å². The first kappa shape index (κ1) is 10.9. The number of urea groups is 1. The van der Waals surface area contributed by atoms with Crippen molar-refractivity contribution in [2.24, 2.45) is 0 Å². The van der Waals surface area contributed by atoms with Gasteiger partial charge in [0.05, 0.1) is 0 Å². The Labute approximate surface area is 86.9 Å². The highest BCUT2D eigenvalue weighted by Crippen LogP contribution is 2.16. The molecule has 1 aromatic heterocycles. The fraction of sp³-hybridized carbons (Fsp3) is 0.625. The fourth-order valence-electron chi connectivity index (χ4n) is 0.893. The van der Waals surface area contributed by atoms with Gasteiger partial charge in [-0.05, 0) is 6.42 Å². The second-order valence-electron chi connectivity index (χ2n) is 2.81. The van der Waals surface area contributed by atoms with Crippen LogP contribution in [0.2, 0.25) is 0 Å². The molecule has 0 bridgehead atoms. The molecule has 6 heteroatoms. The number of hydrogen-bond acceptors (Lipinski definition) is 4. The molecule has 0 atom stereocenters. The van der Waals surface area contributed by atoms with E-state index in [-0.39, 0.29) is 6.03 Å². The number of carbonyl (C=O) groups is 1. The Morgan fingerprint density at radius 1 is 1.50 bits per heavy atom. The summed E-state index contributed by atoms with van der Waals surface area (Å²) < 4.78 is 0. The molecule has 0 fully saturated rings. The molecule has 0 unspecified atom stereocenters. The number of nitrogens with zero attached hydrogens (tertiary/aromatic N) is 2. The monoisotopic (exact) mass is 214 g/mol. The molecule has 2 N–H and O–H groups in total. The molecule has 1 aromatic rings. The van der Waals surface area contributed by atoms with E-state index in [9.17, 15) is 4.79 Å². The molecule has 1 heterocycles. The highest BCUT2D eigenvalue weighted by molar-refractivity contribution is 7.15. The van der Waals surface area contributed by atoms with Crippen molar-refractivity contribution in [2.45, 2.75) is 26.2 Å². The summed E-state index contributed by atoms with van der Waals surface area (Å²) in [7, 11) is 1.56. The third kappa shape index (κ3) is 3.29. The topological polar surface area (TPSA) is 66.9 Å². The van der Waals surface area contributed by atoms with Gasteiger partial charge in [0.2, 0.25) is 5.13 Å². The first-order valence-corrected chi connectivity index (χ1v) is 5.39. The van der Waals surface area contributed by atoms with Crippen molar-refractivity contribution in [1.29, 1.82) is 0 Å². The van der Waals surface area contributed by atoms with Crippen LogP contribution in [0, 0.1) is 0 Å². The van der Waals surface area contributed by atoms with Crippen molar-refractivity contribution in [3.05, 3.63) is 5.01 Å². The second-order valence-corrected chi connectivity index (χ2v) is 3.87. The van der Waals surface area contributed by atoms with E-state index in [1.807, 2.05) is 0 Å². The summed E-state index contributed by atoms with van der Waals surface area (Å²) in [5.41, 5.74) is 0. The van der Waals surface area contributed by atoms with Crippen LogP contribution in [0.25, 0.3) is 0 Å². The molecule has 5 nitrogen and oxygen atoms in total. The standard InChI is InChI=1S/C8H14N4OS/c1-3-4-5-6-11-12-8(14-6)10-7(13)9-2/h3-5H2,1-2H3,(H2,9,10,12,13). The zero-order chi connectivity index (χ0) is 10.4. The van der Waals surface area contributed by atoms with E-state index >= 15 is 0 Å². The molecule has 14 heavy (non-hydrogen) atoms. The summed E-state index contributed by atoms with van der Waals surface area (Å²) in [6, 6.07) is -0.261. The highest BCUT2D eigenvalue weighted by Gasteiger charge is 2.05. The van der Waals surface area contributed by atoms with E-state index in [2.05, 4.69) is 27.8 Å². The Bertz CT molecular complexity index is 299. The van der Waals surface area contributed by atoms with Gasteiger partial charge in [0.25, 0.3) is 0 Å². The Morgan fingerprint density at radius 3 is 2.93 bits per heavy atom. The van der Waals surface area contributed by atoms with E-state index in [0.29, 0.717) is 5.13 Å². The van der Waals surface area contributed by atoms with Crippen LogP contribution in [-0.4, -0.2) is 23.3 Å². The minimum Gasteiger partial charge on any atom is -0.341 e. The highest BCUT2D eigenvalue weighted by atomic mass is 32.1. The Balaban J connectivity index is 2.46. The lowest BCUT2D eigenvalue weighted by Crippen LogP contribution is -2.24. The van der Waals surface area contributed by atoms with Crippen molar-refractivity contribution >= 4 is 22.5 Å². The van der Waals surface area contributed by atoms with Crippen molar-refractivity contribution in [2.75, 3.05) is 12.4 Å². The van der Waals surface area contributed by atoms with Crippen LogP contribution in [0.1, 0.15) is 24.8 Å². The molecular weight excluding hydrogens is 200 g/mol. The molecular formula is C8H14N4OS. The molecule has 0 aromatic carbocycles. The maximum absolute atomic E-state index is 10.9. The molecule has 0 saturated heterocycles. The SMILES string of the molecule is CCCCc1nnc(NC(=O)NC)s1. The van der Waals surface area contributed by atoms with Crippen molar-refractivity contribution in [1.82, 2.24) is 15.5 Å². The van der Waals surface area contributed by atoms with Gasteiger partial charge >= 0.3 is 6.03 Å². The van der Waals surface area contributed by atoms with Crippen LogP contribution in [0.5, 0.6) is 0 Å². The predicted octanol–water partition coefficient (Wildman–Crippen LogP) is 1.63. The zero-order valence-corrected chi connectivity index (χ0v) is 9.15. The van der Waals surface area contributed by atoms with Crippen LogP contribution >= 0.6 is 11.3 Å². The van der Waals surface area contributed by atoms with Crippen LogP contribution < -0.4 is 10.6 Å². The van der Waals surface area contributed by atoms with Gasteiger partial charge in [0, 0.05) is 13.5 Å². The van der Waals surface area contributed by atoms with Gasteiger partial charge in [-0.2, -0.15) is 0 Å². The minimum atomic E-state index is -0.261. The fourth-order valence-corrected chi connectivity index (χ4v) is 1.67. The van der Waals surface area contributed by atoms with Gasteiger partial charge in [-0.15, -0.1) is 10.2 Å². The Morgan fingerprint density at radius 2 is 2.29 bits per heavy atom. The van der Waals surface area contributed by atoms with Crippen LogP contribution in [0.3, 0.4) is 0 Å². The normalized spacial score (nSPS) is 9.86. The van der Waals surface area contributed by atoms with Crippen LogP contribution in [0.4, 0.5) is 9.93 Å². The smallest absolute Gasteiger partial charge is 0.320 e. The van der Waals surface area contributed by atoms with E-state index in [4.69, 9.17) is 0 Å². The van der Waals surface area contributed by atoms with Gasteiger partial charge in [-0.25, -0.2) is 4.79 Å². The number of nitrogens with one attached hydrogen (secondary N) is 2. The summed E-state index contributed by atoms with van der Waals surface area (Å²) in [5, 5.41) is 14.4. The average molecular weight is 214 g/mol. The summed E-state index contributed by atoms with van der Waals surface area (Å²) >= 11 is 1.42. The average Bonchev–Trinajstić information content (AvgIpc) is 2.62. The summed E-state index contributed by atoms with van der Waals surface area (Å²) in [6.07, 6.45) is 3.18. The largest absolute Gasteiger partial charge is 0.341 e. The summed E-state index contributed by atoms with van der Waals surface area (Å²) in [4.78, 5) is 10.9. The Kier molecular flexibility index (Phi) is 4.31. The van der Waals surface area contributed by atoms with E-state index < -0.39 is 0 Å². The molecule has 2 amide bonds. The quantitative estimate of drug-likeness (QED) is 0.800. The molecule has 0 radical (unpaired) electrons. The number of anilines is 1. The summed E-state index contributed by atoms with van der Waals surface area (Å²) in [5.74, 6) is 0. The second kappa shape index (κ2) is 5.54. The number of aromatic nitrogens is 2. The van der Waals surface area contributed by atoms with Crippen molar-refractivity contribution in [3.8, 4) is 0 Å². The molecule has 0 spiro atoms. The lowest BCUT2D eigenvalue weighted by atomic mass is 10.3. The third-order valence-electron chi connectivity index (χ3n) is 1.66. The van der Waals surface area contributed by atoms with E-state index in [0.717, 1.165) is 24.3 Å². The van der Waals surface area contributed by atoms with Crippen LogP contribution in [-0.2, 0) is 6.42 Å². The number of aryl methyl sites for hydroxylation is 1. The number of carbonyl (C=O) groups excluding carboxylic acids is 1. The lowest BCUT2D eigenvalue weighted by molar-refractivity contribution is 0.254. The lowest BCUT2D eigenvalue weighted by Gasteiger charge is -1.96. The molecule has 1 rings (SSSR count). The maximum atomic E-state index is 10.9. The van der Waals surface area contributed by atoms with Gasteiger partial charge in [0.15, 0.2) is 0 Å². The molecule has 0 aliphatic rings. The van der Waals surface area contributed by atoms with Gasteiger partial charge in [-0.1, -0.05) is 24.7 Å². The van der Waals surface area contributed by atoms with Gasteiger partial charge in [-0.3, -0.25) is 5.32 Å². The molecule has 0 aliphatic heterocycles. The number of rotatable bonds is 4. The van der Waals surface area contributed by atoms with Crippen LogP contribution in [0.15, 0.2) is 0 Å². The van der Waals surface area contributed by atoms with E-state index in [1.54, 1.807) is 7.05 Å². The molecule has 78 valence electrons. The number of unbranched alkanes of at least 4 members (excludes halogenated alkanes) is 1. The first-order chi connectivity index (χ1) is 6.76. The predicted molar refractivity (Wildman–Crippen MR) is 56.6 cm³/mol. The first-order valence-electron chi connectivity index (χ1n) is 4.57. The number of hydrogen-bond donors (Lipinski definition) is 2. The van der Waals surface area contributed by atoms with Gasteiger partial charge in [0.1, 0.15) is 5.01 Å². The minimum absolute atomic E-state index is 0.261.